The Morgan fingerprint density at radius 3 is 2.60 bits per heavy atom. The second-order valence-electron chi connectivity index (χ2n) is 5.29. The van der Waals surface area contributed by atoms with Crippen LogP contribution < -0.4 is 0 Å². The number of hydrogen-bond acceptors (Lipinski definition) is 2. The van der Waals surface area contributed by atoms with Gasteiger partial charge in [0.25, 0.3) is 0 Å². The van der Waals surface area contributed by atoms with Crippen LogP contribution in [0.2, 0.25) is 10.0 Å². The van der Waals surface area contributed by atoms with Crippen LogP contribution in [0.3, 0.4) is 0 Å². The Bertz CT molecular complexity index is 660. The van der Waals surface area contributed by atoms with Gasteiger partial charge in [-0.2, -0.15) is 0 Å². The monoisotopic (exact) mass is 331 g/mol. The van der Waals surface area contributed by atoms with Gasteiger partial charge in [-0.1, -0.05) is 23.2 Å². The van der Waals surface area contributed by atoms with Gasteiger partial charge >= 0.3 is 0 Å². The molecule has 0 saturated carbocycles. The summed E-state index contributed by atoms with van der Waals surface area (Å²) in [5.41, 5.74) is 1.94. The van der Waals surface area contributed by atoms with Crippen molar-refractivity contribution in [3.05, 3.63) is 26.9 Å². The first kappa shape index (κ1) is 15.8. The number of H-pyrrole nitrogens is 1. The van der Waals surface area contributed by atoms with Gasteiger partial charge in [-0.25, -0.2) is 0 Å². The van der Waals surface area contributed by atoms with Gasteiger partial charge in [-0.15, -0.1) is 0 Å². The van der Waals surface area contributed by atoms with E-state index in [2.05, 4.69) is 35.3 Å². The molecule has 1 aromatic carbocycles. The number of aromatic amines is 1. The van der Waals surface area contributed by atoms with Crippen molar-refractivity contribution >= 4 is 46.5 Å². The van der Waals surface area contributed by atoms with Gasteiger partial charge < -0.3 is 14.5 Å². The molecule has 3 nitrogen and oxygen atoms in total. The summed E-state index contributed by atoms with van der Waals surface area (Å²) >= 11 is 17.5. The number of nitrogens with one attached hydrogen (secondary N) is 1. The van der Waals surface area contributed by atoms with Crippen LogP contribution in [0.25, 0.3) is 11.0 Å². The van der Waals surface area contributed by atoms with Crippen LogP contribution in [0.5, 0.6) is 0 Å². The van der Waals surface area contributed by atoms with Gasteiger partial charge in [0, 0.05) is 12.6 Å². The molecule has 6 heteroatoms. The molecule has 0 spiro atoms. The number of nitrogens with zero attached hydrogens (tertiary/aromatic N) is 2. The van der Waals surface area contributed by atoms with E-state index in [-0.39, 0.29) is 0 Å². The van der Waals surface area contributed by atoms with Crippen LogP contribution >= 0.6 is 35.4 Å². The molecule has 20 heavy (non-hydrogen) atoms. The van der Waals surface area contributed by atoms with Crippen molar-refractivity contribution in [2.75, 3.05) is 13.6 Å². The predicted octanol–water partition coefficient (Wildman–Crippen LogP) is 4.74. The molecule has 110 valence electrons. The maximum absolute atomic E-state index is 6.09. The number of hydrogen-bond donors (Lipinski definition) is 1. The summed E-state index contributed by atoms with van der Waals surface area (Å²) in [5.74, 6) is 0. The van der Waals surface area contributed by atoms with E-state index in [9.17, 15) is 0 Å². The van der Waals surface area contributed by atoms with Crippen LogP contribution in [0.4, 0.5) is 0 Å². The summed E-state index contributed by atoms with van der Waals surface area (Å²) in [4.78, 5) is 5.50. The fraction of sp³-hybridized carbons (Fsp3) is 0.500. The van der Waals surface area contributed by atoms with E-state index in [0.29, 0.717) is 20.9 Å². The van der Waals surface area contributed by atoms with Crippen LogP contribution in [0, 0.1) is 4.77 Å². The highest BCUT2D eigenvalue weighted by Crippen LogP contribution is 2.27. The smallest absolute Gasteiger partial charge is 0.178 e. The Morgan fingerprint density at radius 2 is 1.95 bits per heavy atom. The molecule has 0 unspecified atom stereocenters. The minimum atomic E-state index is 0.544. The molecule has 0 fully saturated rings. The number of benzene rings is 1. The normalized spacial score (nSPS) is 11.9. The zero-order valence-corrected chi connectivity index (χ0v) is 14.2. The van der Waals surface area contributed by atoms with Crippen LogP contribution in [-0.2, 0) is 6.54 Å². The number of aromatic nitrogens is 2. The molecule has 0 radical (unpaired) electrons. The Balaban J connectivity index is 2.20. The highest BCUT2D eigenvalue weighted by atomic mass is 35.5. The van der Waals surface area contributed by atoms with Crippen molar-refractivity contribution in [3.8, 4) is 0 Å². The van der Waals surface area contributed by atoms with E-state index in [4.69, 9.17) is 35.4 Å². The van der Waals surface area contributed by atoms with Crippen molar-refractivity contribution < 1.29 is 0 Å². The highest BCUT2D eigenvalue weighted by Gasteiger charge is 2.09. The van der Waals surface area contributed by atoms with Crippen molar-refractivity contribution in [1.29, 1.82) is 0 Å². The molecule has 2 rings (SSSR count). The average molecular weight is 332 g/mol. The maximum atomic E-state index is 6.09. The third-order valence-corrected chi connectivity index (χ3v) is 4.63. The third kappa shape index (κ3) is 3.37. The van der Waals surface area contributed by atoms with E-state index >= 15 is 0 Å². The summed E-state index contributed by atoms with van der Waals surface area (Å²) in [5, 5.41) is 1.10. The van der Waals surface area contributed by atoms with Crippen molar-refractivity contribution in [2.24, 2.45) is 0 Å². The first-order valence-corrected chi connectivity index (χ1v) is 7.84. The number of halogens is 2. The third-order valence-electron chi connectivity index (χ3n) is 3.59. The Hall–Kier alpha value is -0.550. The highest BCUT2D eigenvalue weighted by molar-refractivity contribution is 7.71. The molecule has 2 aromatic rings. The fourth-order valence-electron chi connectivity index (χ4n) is 2.11. The van der Waals surface area contributed by atoms with E-state index in [1.807, 2.05) is 12.1 Å². The lowest BCUT2D eigenvalue weighted by atomic mass is 10.3. The van der Waals surface area contributed by atoms with Gasteiger partial charge in [0.1, 0.15) is 0 Å². The molecular formula is C14H19Cl2N3S. The molecule has 0 saturated heterocycles. The number of imidazole rings is 1. The lowest BCUT2D eigenvalue weighted by Gasteiger charge is -2.20. The van der Waals surface area contributed by atoms with E-state index in [1.165, 1.54) is 0 Å². The van der Waals surface area contributed by atoms with Crippen LogP contribution in [-0.4, -0.2) is 34.1 Å². The van der Waals surface area contributed by atoms with E-state index < -0.39 is 0 Å². The van der Waals surface area contributed by atoms with Crippen LogP contribution in [0.15, 0.2) is 12.1 Å². The molecular weight excluding hydrogens is 313 g/mol. The van der Waals surface area contributed by atoms with Crippen molar-refractivity contribution in [2.45, 2.75) is 32.9 Å². The first-order chi connectivity index (χ1) is 9.40. The first-order valence-electron chi connectivity index (χ1n) is 6.68. The lowest BCUT2D eigenvalue weighted by molar-refractivity contribution is 0.266. The number of rotatable bonds is 5. The molecule has 0 atom stereocenters. The Labute approximate surface area is 134 Å². The van der Waals surface area contributed by atoms with E-state index in [0.717, 1.165) is 30.5 Å². The minimum absolute atomic E-state index is 0.544. The average Bonchev–Trinajstić information content (AvgIpc) is 2.66. The zero-order valence-electron chi connectivity index (χ0n) is 11.9. The molecule has 0 aliphatic heterocycles. The van der Waals surface area contributed by atoms with Crippen molar-refractivity contribution in [1.82, 2.24) is 14.5 Å². The number of aryl methyl sites for hydroxylation is 1. The molecule has 1 heterocycles. The summed E-state index contributed by atoms with van der Waals surface area (Å²) in [7, 11) is 2.13. The molecule has 0 amide bonds. The number of fused-ring (bicyclic) bond motifs is 1. The zero-order chi connectivity index (χ0) is 14.9. The van der Waals surface area contributed by atoms with Gasteiger partial charge in [0.2, 0.25) is 0 Å². The molecule has 1 aromatic heterocycles. The maximum Gasteiger partial charge on any atom is 0.178 e. The molecule has 0 aliphatic rings. The van der Waals surface area contributed by atoms with Gasteiger partial charge in [-0.3, -0.25) is 0 Å². The predicted molar refractivity (Wildman–Crippen MR) is 89.5 cm³/mol. The van der Waals surface area contributed by atoms with Crippen molar-refractivity contribution in [3.63, 3.8) is 0 Å². The standard InChI is InChI=1S/C14H19Cl2N3S/c1-9(2)18(3)5-4-6-19-13-8-11(16)10(15)7-12(13)17-14(19)20/h7-9H,4-6H2,1-3H3,(H,17,20). The fourth-order valence-corrected chi connectivity index (χ4v) is 2.73. The summed E-state index contributed by atoms with van der Waals surface area (Å²) in [6.07, 6.45) is 1.04. The van der Waals surface area contributed by atoms with E-state index in [1.54, 1.807) is 0 Å². The second-order valence-corrected chi connectivity index (χ2v) is 6.49. The summed E-state index contributed by atoms with van der Waals surface area (Å²) in [6, 6.07) is 4.25. The Morgan fingerprint density at radius 1 is 1.30 bits per heavy atom. The van der Waals surface area contributed by atoms with Gasteiger partial charge in [0.15, 0.2) is 4.77 Å². The molecule has 0 aliphatic carbocycles. The topological polar surface area (TPSA) is 24.0 Å². The summed E-state index contributed by atoms with van der Waals surface area (Å²) < 4.78 is 2.80. The molecule has 1 N–H and O–H groups in total. The SMILES string of the molecule is CC(C)N(C)CCCn1c(=S)[nH]c2cc(Cl)c(Cl)cc21. The molecule has 0 bridgehead atoms. The quantitative estimate of drug-likeness (QED) is 0.800. The summed E-state index contributed by atoms with van der Waals surface area (Å²) in [6.45, 7) is 6.29. The van der Waals surface area contributed by atoms with Gasteiger partial charge in [0.05, 0.1) is 21.1 Å². The Kier molecular flexibility index (Phi) is 5.13. The largest absolute Gasteiger partial charge is 0.331 e. The van der Waals surface area contributed by atoms with Crippen LogP contribution in [0.1, 0.15) is 20.3 Å². The minimum Gasteiger partial charge on any atom is -0.331 e. The van der Waals surface area contributed by atoms with Gasteiger partial charge in [-0.05, 0) is 58.2 Å². The lowest BCUT2D eigenvalue weighted by Crippen LogP contribution is -2.27. The second kappa shape index (κ2) is 6.48.